The van der Waals surface area contributed by atoms with Crippen LogP contribution in [0.15, 0.2) is 47.3 Å². The summed E-state index contributed by atoms with van der Waals surface area (Å²) in [5.41, 5.74) is 4.05. The van der Waals surface area contributed by atoms with Crippen molar-refractivity contribution < 1.29 is 14.0 Å². The van der Waals surface area contributed by atoms with E-state index in [-0.39, 0.29) is 23.3 Å². The summed E-state index contributed by atoms with van der Waals surface area (Å²) in [6.07, 6.45) is 15.8. The van der Waals surface area contributed by atoms with E-state index in [1.807, 2.05) is 43.6 Å². The number of rotatable bonds is 14. The quantitative estimate of drug-likeness (QED) is 0.206. The van der Waals surface area contributed by atoms with Crippen molar-refractivity contribution in [1.82, 2.24) is 25.2 Å². The van der Waals surface area contributed by atoms with Gasteiger partial charge in [-0.1, -0.05) is 51.0 Å². The Morgan fingerprint density at radius 1 is 0.977 bits per heavy atom. The van der Waals surface area contributed by atoms with Crippen LogP contribution in [0.3, 0.4) is 0 Å². The predicted molar refractivity (Wildman–Crippen MR) is 166 cm³/mol. The Kier molecular flexibility index (Phi) is 9.03. The van der Waals surface area contributed by atoms with Crippen LogP contribution in [0, 0.1) is 11.3 Å². The number of hydrogen-bond donors (Lipinski definition) is 1. The van der Waals surface area contributed by atoms with Crippen LogP contribution in [0.1, 0.15) is 108 Å². The van der Waals surface area contributed by atoms with Crippen LogP contribution < -0.4 is 5.32 Å². The maximum atomic E-state index is 13.5. The fraction of sp³-hybridized carbons (Fsp3) is 0.571. The minimum Gasteiger partial charge on any atom is -0.438 e. The van der Waals surface area contributed by atoms with E-state index in [1.54, 1.807) is 6.20 Å². The summed E-state index contributed by atoms with van der Waals surface area (Å²) in [5, 5.41) is 3.32. The molecule has 1 saturated heterocycles. The fourth-order valence-corrected chi connectivity index (χ4v) is 6.60. The van der Waals surface area contributed by atoms with Crippen molar-refractivity contribution in [2.75, 3.05) is 19.6 Å². The second kappa shape index (κ2) is 13.1. The third kappa shape index (κ3) is 7.06. The first-order valence-electron chi connectivity index (χ1n) is 16.4. The van der Waals surface area contributed by atoms with Crippen LogP contribution >= 0.6 is 0 Å². The molecule has 228 valence electrons. The third-order valence-corrected chi connectivity index (χ3v) is 9.92. The zero-order valence-electron chi connectivity index (χ0n) is 25.7. The molecule has 3 aromatic rings. The Balaban J connectivity index is 1.11. The van der Waals surface area contributed by atoms with Gasteiger partial charge in [0.05, 0.1) is 23.8 Å². The summed E-state index contributed by atoms with van der Waals surface area (Å²) >= 11 is 0. The third-order valence-electron chi connectivity index (χ3n) is 9.92. The number of oxazole rings is 1. The van der Waals surface area contributed by atoms with Crippen molar-refractivity contribution in [3.63, 3.8) is 0 Å². The summed E-state index contributed by atoms with van der Waals surface area (Å²) in [6, 6.07) is 7.82. The lowest BCUT2D eigenvalue weighted by atomic mass is 9.90. The van der Waals surface area contributed by atoms with Gasteiger partial charge >= 0.3 is 0 Å². The zero-order chi connectivity index (χ0) is 29.8. The molecule has 1 N–H and O–H groups in total. The molecule has 1 aliphatic heterocycles. The number of likely N-dealkylation sites (tertiary alicyclic amines) is 1. The molecule has 1 spiro atoms. The van der Waals surface area contributed by atoms with Gasteiger partial charge in [0.15, 0.2) is 5.76 Å². The number of carbonyl (C=O) groups is 2. The van der Waals surface area contributed by atoms with Crippen molar-refractivity contribution in [2.24, 2.45) is 11.3 Å². The van der Waals surface area contributed by atoms with E-state index in [0.717, 1.165) is 87.1 Å². The molecular formula is C35H45N5O3. The normalized spacial score (nSPS) is 20.2. The molecule has 3 heterocycles. The van der Waals surface area contributed by atoms with Crippen LogP contribution in [0.2, 0.25) is 0 Å². The molecule has 3 fully saturated rings. The smallest absolute Gasteiger partial charge is 0.224 e. The molecule has 43 heavy (non-hydrogen) atoms. The summed E-state index contributed by atoms with van der Waals surface area (Å²) in [7, 11) is 0. The molecule has 2 aromatic heterocycles. The van der Waals surface area contributed by atoms with Gasteiger partial charge < -0.3 is 14.6 Å². The lowest BCUT2D eigenvalue weighted by molar-refractivity contribution is -0.124. The number of nitrogens with zero attached hydrogens (tertiary/aromatic N) is 4. The van der Waals surface area contributed by atoms with Gasteiger partial charge in [0.25, 0.3) is 0 Å². The minimum atomic E-state index is -0.281. The van der Waals surface area contributed by atoms with Gasteiger partial charge in [-0.3, -0.25) is 19.6 Å². The van der Waals surface area contributed by atoms with E-state index in [9.17, 15) is 9.59 Å². The average Bonchev–Trinajstić information content (AvgIpc) is 3.97. The van der Waals surface area contributed by atoms with Crippen molar-refractivity contribution in [3.05, 3.63) is 54.4 Å². The summed E-state index contributed by atoms with van der Waals surface area (Å²) < 4.78 is 6.29. The largest absolute Gasteiger partial charge is 0.438 e. The number of carbonyl (C=O) groups excluding carboxylic acids is 2. The van der Waals surface area contributed by atoms with Gasteiger partial charge in [0.1, 0.15) is 11.8 Å². The topological polar surface area (TPSA) is 101 Å². The molecule has 1 amide bonds. The number of amides is 1. The Labute approximate surface area is 255 Å². The van der Waals surface area contributed by atoms with E-state index < -0.39 is 0 Å². The highest BCUT2D eigenvalue weighted by Gasteiger charge is 2.58. The fourth-order valence-electron chi connectivity index (χ4n) is 6.60. The molecule has 8 heteroatoms. The van der Waals surface area contributed by atoms with Crippen LogP contribution in [0.4, 0.5) is 0 Å². The SMILES string of the molecule is CCC(=O)CCCCC[C@H](NC(=O)[C@H]1CC12CCN(CC)CC2)c1ncc(-c2ccc(-c3cnc(C4CC4)cn3)cc2)o1. The highest BCUT2D eigenvalue weighted by molar-refractivity contribution is 5.83. The minimum absolute atomic E-state index is 0.0830. The summed E-state index contributed by atoms with van der Waals surface area (Å²) in [4.78, 5) is 41.6. The number of hydrogen-bond acceptors (Lipinski definition) is 7. The predicted octanol–water partition coefficient (Wildman–Crippen LogP) is 6.88. The summed E-state index contributed by atoms with van der Waals surface area (Å²) in [6.45, 7) is 7.37. The van der Waals surface area contributed by atoms with Gasteiger partial charge in [-0.2, -0.15) is 0 Å². The van der Waals surface area contributed by atoms with E-state index in [4.69, 9.17) is 4.42 Å². The van der Waals surface area contributed by atoms with E-state index in [1.165, 1.54) is 12.8 Å². The number of unbranched alkanes of at least 4 members (excludes halogenated alkanes) is 2. The maximum absolute atomic E-state index is 13.5. The second-order valence-corrected chi connectivity index (χ2v) is 12.8. The number of aromatic nitrogens is 3. The van der Waals surface area contributed by atoms with Crippen LogP contribution in [-0.4, -0.2) is 51.2 Å². The first kappa shape index (κ1) is 29.7. The van der Waals surface area contributed by atoms with Crippen LogP contribution in [-0.2, 0) is 9.59 Å². The van der Waals surface area contributed by atoms with Crippen molar-refractivity contribution in [1.29, 1.82) is 0 Å². The Morgan fingerprint density at radius 3 is 2.42 bits per heavy atom. The Morgan fingerprint density at radius 2 is 1.74 bits per heavy atom. The Hall–Kier alpha value is -3.39. The number of benzene rings is 1. The lowest BCUT2D eigenvalue weighted by Crippen LogP contribution is -2.37. The zero-order valence-corrected chi connectivity index (χ0v) is 25.7. The van der Waals surface area contributed by atoms with Gasteiger partial charge in [0, 0.05) is 42.0 Å². The van der Waals surface area contributed by atoms with Crippen LogP contribution in [0.25, 0.3) is 22.6 Å². The van der Waals surface area contributed by atoms with E-state index in [2.05, 4.69) is 32.1 Å². The molecule has 0 unspecified atom stereocenters. The molecule has 2 atom stereocenters. The molecule has 6 rings (SSSR count). The van der Waals surface area contributed by atoms with Crippen molar-refractivity contribution in [2.45, 2.75) is 96.4 Å². The first-order valence-corrected chi connectivity index (χ1v) is 16.4. The van der Waals surface area contributed by atoms with Gasteiger partial charge in [-0.15, -0.1) is 0 Å². The molecule has 2 saturated carbocycles. The molecule has 0 radical (unpaired) electrons. The monoisotopic (exact) mass is 583 g/mol. The number of nitrogens with one attached hydrogen (secondary N) is 1. The molecule has 2 aliphatic carbocycles. The number of piperidine rings is 1. The van der Waals surface area contributed by atoms with Gasteiger partial charge in [0.2, 0.25) is 11.8 Å². The van der Waals surface area contributed by atoms with Crippen molar-refractivity contribution >= 4 is 11.7 Å². The average molecular weight is 584 g/mol. The van der Waals surface area contributed by atoms with E-state index >= 15 is 0 Å². The highest BCUT2D eigenvalue weighted by atomic mass is 16.4. The molecule has 8 nitrogen and oxygen atoms in total. The van der Waals surface area contributed by atoms with Crippen LogP contribution in [0.5, 0.6) is 0 Å². The van der Waals surface area contributed by atoms with E-state index in [0.29, 0.717) is 36.2 Å². The maximum Gasteiger partial charge on any atom is 0.224 e. The Bertz CT molecular complexity index is 1390. The second-order valence-electron chi connectivity index (χ2n) is 12.8. The number of Topliss-reactive ketones (excluding diaryl/α,β-unsaturated/α-hetero) is 1. The molecule has 3 aliphatic rings. The summed E-state index contributed by atoms with van der Waals surface area (Å²) in [5.74, 6) is 2.35. The van der Waals surface area contributed by atoms with Gasteiger partial charge in [-0.05, 0) is 70.0 Å². The molecule has 1 aromatic carbocycles. The van der Waals surface area contributed by atoms with Crippen molar-refractivity contribution in [3.8, 4) is 22.6 Å². The lowest BCUT2D eigenvalue weighted by Gasteiger charge is -2.32. The molecular weight excluding hydrogens is 538 g/mol. The van der Waals surface area contributed by atoms with Gasteiger partial charge in [-0.25, -0.2) is 4.98 Å². The first-order chi connectivity index (χ1) is 21.0. The number of ketones is 1. The highest BCUT2D eigenvalue weighted by Crippen LogP contribution is 2.59. The standard InChI is InChI=1S/C35H45N5O3/c1-3-27(41)8-6-5-7-9-29(39-33(42)28-20-35(28)16-18-40(4-2)19-17-35)34-38-23-32(43-34)26-14-12-25(13-15-26)31-22-36-30(21-37-31)24-10-11-24/h12-15,21-24,28-29H,3-11,16-20H2,1-2H3,(H,39,42)/t28-,29+/m1/s1. The molecule has 0 bridgehead atoms.